The first-order chi connectivity index (χ1) is 16.6. The van der Waals surface area contributed by atoms with Gasteiger partial charge >= 0.3 is 29.3 Å². The highest BCUT2D eigenvalue weighted by Gasteiger charge is 2.48. The van der Waals surface area contributed by atoms with Crippen molar-refractivity contribution >= 4 is 41.1 Å². The number of carbonyl (C=O) groups excluding carboxylic acids is 4. The fourth-order valence-electron chi connectivity index (χ4n) is 4.37. The van der Waals surface area contributed by atoms with Gasteiger partial charge in [0.1, 0.15) is 0 Å². The van der Waals surface area contributed by atoms with E-state index < -0.39 is 52.8 Å². The molecule has 35 heavy (non-hydrogen) atoms. The lowest BCUT2D eigenvalue weighted by Gasteiger charge is -2.36. The highest BCUT2D eigenvalue weighted by atomic mass is 32.2. The zero-order chi connectivity index (χ0) is 26.0. The van der Waals surface area contributed by atoms with Crippen molar-refractivity contribution in [1.82, 2.24) is 5.06 Å². The van der Waals surface area contributed by atoms with Crippen molar-refractivity contribution < 1.29 is 48.1 Å². The van der Waals surface area contributed by atoms with Crippen LogP contribution in [0.25, 0.3) is 0 Å². The SMILES string of the molecule is COC(=O)N(OC(=O)C1CCCCC1)[C@@H](C(=O)O)C(C)(C)SC(=O)OCOC(=O)C1CCCCC1. The van der Waals surface area contributed by atoms with Crippen LogP contribution in [0.2, 0.25) is 0 Å². The quantitative estimate of drug-likeness (QED) is 0.280. The first-order valence-electron chi connectivity index (χ1n) is 11.9. The molecule has 11 nitrogen and oxygen atoms in total. The maximum Gasteiger partial charge on any atom is 0.443 e. The molecule has 2 aliphatic carbocycles. The fourth-order valence-corrected chi connectivity index (χ4v) is 5.21. The summed E-state index contributed by atoms with van der Waals surface area (Å²) in [6.45, 7) is 2.17. The van der Waals surface area contributed by atoms with Gasteiger partial charge in [0, 0.05) is 0 Å². The first-order valence-corrected chi connectivity index (χ1v) is 12.7. The molecule has 0 aliphatic heterocycles. The van der Waals surface area contributed by atoms with Crippen LogP contribution < -0.4 is 0 Å². The van der Waals surface area contributed by atoms with E-state index in [9.17, 15) is 29.1 Å². The number of carboxylic acid groups (broad SMARTS) is 1. The molecule has 0 radical (unpaired) electrons. The molecule has 2 rings (SSSR count). The van der Waals surface area contributed by atoms with Crippen LogP contribution in [0.15, 0.2) is 0 Å². The lowest BCUT2D eigenvalue weighted by Crippen LogP contribution is -2.56. The molecule has 0 saturated heterocycles. The minimum Gasteiger partial charge on any atom is -0.480 e. The third-order valence-electron chi connectivity index (χ3n) is 6.27. The Morgan fingerprint density at radius 2 is 1.40 bits per heavy atom. The number of carbonyl (C=O) groups is 5. The number of methoxy groups -OCH3 is 1. The second-order valence-electron chi connectivity index (χ2n) is 9.30. The maximum absolute atomic E-state index is 12.6. The largest absolute Gasteiger partial charge is 0.480 e. The number of hydrogen-bond acceptors (Lipinski definition) is 10. The van der Waals surface area contributed by atoms with E-state index in [1.54, 1.807) is 0 Å². The van der Waals surface area contributed by atoms with Gasteiger partial charge in [-0.1, -0.05) is 38.5 Å². The third-order valence-corrected chi connectivity index (χ3v) is 7.31. The molecule has 0 spiro atoms. The van der Waals surface area contributed by atoms with Crippen LogP contribution in [-0.4, -0.2) is 64.2 Å². The molecule has 1 N–H and O–H groups in total. The van der Waals surface area contributed by atoms with E-state index in [-0.39, 0.29) is 5.92 Å². The molecule has 0 aromatic heterocycles. The van der Waals surface area contributed by atoms with Crippen LogP contribution >= 0.6 is 11.8 Å². The fraction of sp³-hybridized carbons (Fsp3) is 0.783. The van der Waals surface area contributed by atoms with E-state index in [4.69, 9.17) is 14.3 Å². The van der Waals surface area contributed by atoms with E-state index in [0.29, 0.717) is 29.7 Å². The normalized spacial score (nSPS) is 18.1. The zero-order valence-electron chi connectivity index (χ0n) is 20.5. The summed E-state index contributed by atoms with van der Waals surface area (Å²) in [7, 11) is 1.03. The van der Waals surface area contributed by atoms with Crippen molar-refractivity contribution in [3.63, 3.8) is 0 Å². The van der Waals surface area contributed by atoms with E-state index in [0.717, 1.165) is 58.5 Å². The van der Waals surface area contributed by atoms with Gasteiger partial charge in [0.15, 0.2) is 6.04 Å². The van der Waals surface area contributed by atoms with E-state index in [1.165, 1.54) is 13.8 Å². The van der Waals surface area contributed by atoms with Crippen LogP contribution in [0.4, 0.5) is 9.59 Å². The van der Waals surface area contributed by atoms with Crippen molar-refractivity contribution in [2.24, 2.45) is 11.8 Å². The lowest BCUT2D eigenvalue weighted by molar-refractivity contribution is -0.202. The van der Waals surface area contributed by atoms with Gasteiger partial charge in [-0.15, -0.1) is 5.06 Å². The van der Waals surface area contributed by atoms with Crippen LogP contribution in [0.1, 0.15) is 78.1 Å². The summed E-state index contributed by atoms with van der Waals surface area (Å²) >= 11 is 0.470. The van der Waals surface area contributed by atoms with Crippen molar-refractivity contribution in [2.45, 2.75) is 88.8 Å². The predicted octanol–water partition coefficient (Wildman–Crippen LogP) is 4.28. The summed E-state index contributed by atoms with van der Waals surface area (Å²) in [4.78, 5) is 66.9. The van der Waals surface area contributed by atoms with Gasteiger partial charge < -0.3 is 24.2 Å². The van der Waals surface area contributed by atoms with Gasteiger partial charge in [0.2, 0.25) is 6.79 Å². The molecule has 1 amide bonds. The number of nitrogens with zero attached hydrogens (tertiary/aromatic N) is 1. The van der Waals surface area contributed by atoms with Gasteiger partial charge in [-0.25, -0.2) is 19.2 Å². The average molecular weight is 518 g/mol. The lowest BCUT2D eigenvalue weighted by atomic mass is 9.89. The molecule has 0 aromatic carbocycles. The molecule has 198 valence electrons. The number of hydrogen-bond donors (Lipinski definition) is 1. The van der Waals surface area contributed by atoms with Gasteiger partial charge in [-0.2, -0.15) is 0 Å². The summed E-state index contributed by atoms with van der Waals surface area (Å²) in [5.41, 5.74) is 0. The molecule has 0 aromatic rings. The zero-order valence-corrected chi connectivity index (χ0v) is 21.3. The van der Waals surface area contributed by atoms with Crippen molar-refractivity contribution in [3.05, 3.63) is 0 Å². The number of amides is 1. The second kappa shape index (κ2) is 13.6. The number of thioether (sulfide) groups is 1. The molecule has 0 heterocycles. The molecule has 0 bridgehead atoms. The summed E-state index contributed by atoms with van der Waals surface area (Å²) in [5.74, 6) is -3.34. The van der Waals surface area contributed by atoms with E-state index in [2.05, 4.69) is 4.74 Å². The molecule has 2 saturated carbocycles. The van der Waals surface area contributed by atoms with Crippen LogP contribution in [-0.2, 0) is 33.4 Å². The van der Waals surface area contributed by atoms with Crippen LogP contribution in [0.5, 0.6) is 0 Å². The Hall–Kier alpha value is -2.50. The molecule has 0 unspecified atom stereocenters. The predicted molar refractivity (Wildman–Crippen MR) is 124 cm³/mol. The molecular formula is C23H35NO10S. The van der Waals surface area contributed by atoms with Gasteiger partial charge in [0.05, 0.1) is 23.7 Å². The Morgan fingerprint density at radius 1 is 0.886 bits per heavy atom. The highest BCUT2D eigenvalue weighted by molar-refractivity contribution is 8.14. The van der Waals surface area contributed by atoms with Crippen LogP contribution in [0.3, 0.4) is 0 Å². The minimum absolute atomic E-state index is 0.213. The Balaban J connectivity index is 2.01. The standard InChI is InChI=1S/C23H35NO10S/c1-23(2,35-22(30)33-14-32-19(27)15-10-6-4-7-11-15)17(18(25)26)24(21(29)31-3)34-20(28)16-12-8-5-9-13-16/h15-17H,4-14H2,1-3H3,(H,25,26)/t17-/m0/s1. The monoisotopic (exact) mass is 517 g/mol. The number of esters is 1. The molecular weight excluding hydrogens is 482 g/mol. The number of hydroxylamine groups is 2. The van der Waals surface area contributed by atoms with Crippen LogP contribution in [0, 0.1) is 11.8 Å². The summed E-state index contributed by atoms with van der Waals surface area (Å²) in [6, 6.07) is -1.77. The second-order valence-corrected chi connectivity index (χ2v) is 10.9. The molecule has 2 aliphatic rings. The van der Waals surface area contributed by atoms with Gasteiger partial charge in [0.25, 0.3) is 0 Å². The summed E-state index contributed by atoms with van der Waals surface area (Å²) in [6.07, 6.45) is 7.06. The van der Waals surface area contributed by atoms with E-state index >= 15 is 0 Å². The maximum atomic E-state index is 12.6. The molecule has 12 heteroatoms. The Bertz CT molecular complexity index is 774. The smallest absolute Gasteiger partial charge is 0.443 e. The Morgan fingerprint density at radius 3 is 1.89 bits per heavy atom. The molecule has 1 atom stereocenters. The number of aliphatic carboxylic acids is 1. The van der Waals surface area contributed by atoms with Gasteiger partial charge in [-0.3, -0.25) is 4.79 Å². The van der Waals surface area contributed by atoms with Crippen molar-refractivity contribution in [1.29, 1.82) is 0 Å². The Labute approximate surface area is 209 Å². The number of ether oxygens (including phenoxy) is 3. The highest BCUT2D eigenvalue weighted by Crippen LogP contribution is 2.35. The number of rotatable bonds is 8. The first kappa shape index (κ1) is 28.7. The minimum atomic E-state index is -1.77. The Kier molecular flexibility index (Phi) is 11.1. The topological polar surface area (TPSA) is 146 Å². The average Bonchev–Trinajstić information content (AvgIpc) is 2.83. The van der Waals surface area contributed by atoms with Gasteiger partial charge in [-0.05, 0) is 51.3 Å². The summed E-state index contributed by atoms with van der Waals surface area (Å²) < 4.78 is 13.1. The summed E-state index contributed by atoms with van der Waals surface area (Å²) in [5, 5.41) is 9.33. The van der Waals surface area contributed by atoms with Crippen molar-refractivity contribution in [3.8, 4) is 0 Å². The van der Waals surface area contributed by atoms with E-state index in [1.807, 2.05) is 0 Å². The number of carboxylic acids is 1. The third kappa shape index (κ3) is 8.59. The molecule has 2 fully saturated rings. The van der Waals surface area contributed by atoms with Crippen molar-refractivity contribution in [2.75, 3.05) is 13.9 Å².